The summed E-state index contributed by atoms with van der Waals surface area (Å²) in [6, 6.07) is 5.02. The van der Waals surface area contributed by atoms with Crippen molar-refractivity contribution in [2.24, 2.45) is 0 Å². The van der Waals surface area contributed by atoms with Gasteiger partial charge in [-0.15, -0.1) is 0 Å². The summed E-state index contributed by atoms with van der Waals surface area (Å²) in [5.41, 5.74) is 3.25. The molecule has 0 aliphatic rings. The molecule has 2 aromatic rings. The highest BCUT2D eigenvalue weighted by atomic mass is 79.9. The molecule has 0 spiro atoms. The van der Waals surface area contributed by atoms with Gasteiger partial charge in [-0.1, -0.05) is 22.0 Å². The molecule has 0 N–H and O–H groups in total. The van der Waals surface area contributed by atoms with Crippen molar-refractivity contribution in [1.29, 1.82) is 0 Å². The Balaban J connectivity index is 2.68. The lowest BCUT2D eigenvalue weighted by Gasteiger charge is -2.10. The summed E-state index contributed by atoms with van der Waals surface area (Å²) in [7, 11) is 0. The Morgan fingerprint density at radius 2 is 2.06 bits per heavy atom. The lowest BCUT2D eigenvalue weighted by atomic mass is 10.2. The van der Waals surface area contributed by atoms with Gasteiger partial charge in [-0.25, -0.2) is 9.07 Å². The van der Waals surface area contributed by atoms with Crippen LogP contribution in [0.15, 0.2) is 22.7 Å². The van der Waals surface area contributed by atoms with Crippen LogP contribution in [0.3, 0.4) is 0 Å². The number of rotatable bonds is 2. The van der Waals surface area contributed by atoms with E-state index >= 15 is 0 Å². The van der Waals surface area contributed by atoms with Crippen molar-refractivity contribution in [3.05, 3.63) is 45.4 Å². The van der Waals surface area contributed by atoms with Crippen molar-refractivity contribution in [2.45, 2.75) is 19.2 Å². The molecule has 1 aromatic carbocycles. The molecule has 0 bridgehead atoms. The van der Waals surface area contributed by atoms with Crippen LogP contribution in [0.25, 0.3) is 5.69 Å². The molecule has 90 valence electrons. The van der Waals surface area contributed by atoms with Crippen LogP contribution < -0.4 is 0 Å². The number of hydrogen-bond acceptors (Lipinski definition) is 1. The first-order valence-electron chi connectivity index (χ1n) is 5.11. The molecule has 0 unspecified atom stereocenters. The Kier molecular flexibility index (Phi) is 3.68. The second-order valence-corrected chi connectivity index (χ2v) is 5.12. The molecule has 0 saturated heterocycles. The van der Waals surface area contributed by atoms with Gasteiger partial charge in [-0.05, 0) is 41.9 Å². The van der Waals surface area contributed by atoms with E-state index in [9.17, 15) is 4.39 Å². The van der Waals surface area contributed by atoms with Crippen LogP contribution in [0.4, 0.5) is 4.39 Å². The lowest BCUT2D eigenvalue weighted by molar-refractivity contribution is 0.614. The summed E-state index contributed by atoms with van der Waals surface area (Å²) in [4.78, 5) is 0. The van der Waals surface area contributed by atoms with Gasteiger partial charge < -0.3 is 0 Å². The highest BCUT2D eigenvalue weighted by molar-refractivity contribution is 9.10. The lowest BCUT2D eigenvalue weighted by Crippen LogP contribution is -2.04. The summed E-state index contributed by atoms with van der Waals surface area (Å²) in [6.45, 7) is 3.87. The van der Waals surface area contributed by atoms with E-state index in [1.165, 1.54) is 6.07 Å². The first-order chi connectivity index (χ1) is 8.06. The average molecular weight is 362 g/mol. The van der Waals surface area contributed by atoms with Crippen LogP contribution in [-0.2, 0) is 5.33 Å². The summed E-state index contributed by atoms with van der Waals surface area (Å²) >= 11 is 6.79. The minimum Gasteiger partial charge on any atom is -0.236 e. The first-order valence-corrected chi connectivity index (χ1v) is 7.03. The molecule has 0 radical (unpaired) electrons. The van der Waals surface area contributed by atoms with Gasteiger partial charge in [0.1, 0.15) is 5.82 Å². The molecule has 5 heteroatoms. The summed E-state index contributed by atoms with van der Waals surface area (Å²) in [5, 5.41) is 4.88. The van der Waals surface area contributed by atoms with E-state index in [4.69, 9.17) is 0 Å². The Morgan fingerprint density at radius 3 is 2.59 bits per heavy atom. The standard InChI is InChI=1S/C12H11Br2FN2/c1-7-12(14)8(2)17(16-7)11-5-3-4-10(15)9(11)6-13/h3-5H,6H2,1-2H3. The highest BCUT2D eigenvalue weighted by Crippen LogP contribution is 2.26. The Morgan fingerprint density at radius 1 is 1.35 bits per heavy atom. The van der Waals surface area contributed by atoms with E-state index in [2.05, 4.69) is 37.0 Å². The van der Waals surface area contributed by atoms with Gasteiger partial charge >= 0.3 is 0 Å². The molecule has 0 atom stereocenters. The summed E-state index contributed by atoms with van der Waals surface area (Å²) < 4.78 is 16.4. The van der Waals surface area contributed by atoms with Crippen LogP contribution in [-0.4, -0.2) is 9.78 Å². The van der Waals surface area contributed by atoms with Gasteiger partial charge in [0.2, 0.25) is 0 Å². The zero-order chi connectivity index (χ0) is 12.6. The van der Waals surface area contributed by atoms with Crippen molar-refractivity contribution in [1.82, 2.24) is 9.78 Å². The Bertz CT molecular complexity index is 564. The van der Waals surface area contributed by atoms with E-state index in [-0.39, 0.29) is 5.82 Å². The molecule has 1 aromatic heterocycles. The molecule has 0 fully saturated rings. The van der Waals surface area contributed by atoms with Crippen LogP contribution in [0.1, 0.15) is 17.0 Å². The van der Waals surface area contributed by atoms with Gasteiger partial charge in [0, 0.05) is 10.9 Å². The van der Waals surface area contributed by atoms with E-state index in [1.807, 2.05) is 19.9 Å². The van der Waals surface area contributed by atoms with Crippen molar-refractivity contribution >= 4 is 31.9 Å². The molecular weight excluding hydrogens is 351 g/mol. The molecule has 2 rings (SSSR count). The van der Waals surface area contributed by atoms with Gasteiger partial charge in [-0.2, -0.15) is 5.10 Å². The van der Waals surface area contributed by atoms with E-state index in [0.29, 0.717) is 10.9 Å². The fourth-order valence-electron chi connectivity index (χ4n) is 1.74. The third-order valence-electron chi connectivity index (χ3n) is 2.66. The minimum absolute atomic E-state index is 0.219. The van der Waals surface area contributed by atoms with Crippen molar-refractivity contribution in [2.75, 3.05) is 0 Å². The number of halogens is 3. The molecule has 0 aliphatic heterocycles. The van der Waals surface area contributed by atoms with Crippen molar-refractivity contribution < 1.29 is 4.39 Å². The van der Waals surface area contributed by atoms with Crippen LogP contribution >= 0.6 is 31.9 Å². The van der Waals surface area contributed by atoms with E-state index < -0.39 is 0 Å². The van der Waals surface area contributed by atoms with Gasteiger partial charge in [0.25, 0.3) is 0 Å². The molecule has 17 heavy (non-hydrogen) atoms. The second-order valence-electron chi connectivity index (χ2n) is 3.77. The second kappa shape index (κ2) is 4.90. The third-order valence-corrected chi connectivity index (χ3v) is 4.37. The molecule has 0 amide bonds. The first kappa shape index (κ1) is 12.8. The third kappa shape index (κ3) is 2.18. The van der Waals surface area contributed by atoms with E-state index in [0.717, 1.165) is 21.5 Å². The maximum atomic E-state index is 13.7. The highest BCUT2D eigenvalue weighted by Gasteiger charge is 2.14. The number of hydrogen-bond donors (Lipinski definition) is 0. The monoisotopic (exact) mass is 360 g/mol. The Labute approximate surface area is 116 Å². The Hall–Kier alpha value is -0.680. The van der Waals surface area contributed by atoms with Crippen LogP contribution in [0.2, 0.25) is 0 Å². The van der Waals surface area contributed by atoms with Crippen molar-refractivity contribution in [3.63, 3.8) is 0 Å². The number of alkyl halides is 1. The molecule has 0 aliphatic carbocycles. The molecular formula is C12H11Br2FN2. The number of benzene rings is 1. The zero-order valence-electron chi connectivity index (χ0n) is 9.47. The van der Waals surface area contributed by atoms with Gasteiger partial charge in [0.05, 0.1) is 21.5 Å². The average Bonchev–Trinajstić information content (AvgIpc) is 2.56. The van der Waals surface area contributed by atoms with Crippen LogP contribution in [0, 0.1) is 19.7 Å². The smallest absolute Gasteiger partial charge is 0.129 e. The SMILES string of the molecule is Cc1nn(-c2cccc(F)c2CBr)c(C)c1Br. The largest absolute Gasteiger partial charge is 0.236 e. The fourth-order valence-corrected chi connectivity index (χ4v) is 2.54. The predicted molar refractivity (Wildman–Crippen MR) is 73.3 cm³/mol. The number of nitrogens with zero attached hydrogens (tertiary/aromatic N) is 2. The number of aromatic nitrogens is 2. The molecule has 0 saturated carbocycles. The van der Waals surface area contributed by atoms with E-state index in [1.54, 1.807) is 10.7 Å². The van der Waals surface area contributed by atoms with Gasteiger partial charge in [-0.3, -0.25) is 0 Å². The summed E-state index contributed by atoms with van der Waals surface area (Å²) in [6.07, 6.45) is 0. The quantitative estimate of drug-likeness (QED) is 0.730. The zero-order valence-corrected chi connectivity index (χ0v) is 12.6. The maximum Gasteiger partial charge on any atom is 0.129 e. The predicted octanol–water partition coefficient (Wildman–Crippen LogP) is 4.29. The van der Waals surface area contributed by atoms with Crippen molar-refractivity contribution in [3.8, 4) is 5.69 Å². The number of aryl methyl sites for hydroxylation is 1. The summed E-state index contributed by atoms with van der Waals surface area (Å²) in [5.74, 6) is -0.219. The maximum absolute atomic E-state index is 13.7. The van der Waals surface area contributed by atoms with Crippen LogP contribution in [0.5, 0.6) is 0 Å². The fraction of sp³-hybridized carbons (Fsp3) is 0.250. The molecule has 2 nitrogen and oxygen atoms in total. The topological polar surface area (TPSA) is 17.8 Å². The van der Waals surface area contributed by atoms with Gasteiger partial charge in [0.15, 0.2) is 0 Å². The molecule has 1 heterocycles. The normalized spacial score (nSPS) is 10.9. The minimum atomic E-state index is -0.219.